The van der Waals surface area contributed by atoms with E-state index in [1.54, 1.807) is 6.07 Å². The summed E-state index contributed by atoms with van der Waals surface area (Å²) in [4.78, 5) is 0. The van der Waals surface area contributed by atoms with Crippen LogP contribution in [0.15, 0.2) is 60.7 Å². The van der Waals surface area contributed by atoms with Gasteiger partial charge in [0.1, 0.15) is 17.4 Å². The molecule has 176 valence electrons. The topological polar surface area (TPSA) is 9.23 Å². The lowest BCUT2D eigenvalue weighted by Gasteiger charge is -2.27. The molecule has 3 aromatic rings. The van der Waals surface area contributed by atoms with Gasteiger partial charge in [-0.1, -0.05) is 55.4 Å². The predicted octanol–water partition coefficient (Wildman–Crippen LogP) is 8.10. The third-order valence-corrected chi connectivity index (χ3v) is 6.37. The van der Waals surface area contributed by atoms with Crippen molar-refractivity contribution in [3.63, 3.8) is 0 Å². The first-order chi connectivity index (χ1) is 16.2. The van der Waals surface area contributed by atoms with Crippen LogP contribution < -0.4 is 4.74 Å². The largest absolute Gasteiger partial charge is 0.429 e. The first kappa shape index (κ1) is 23.9. The zero-order valence-electron chi connectivity index (χ0n) is 19.2. The van der Waals surface area contributed by atoms with Gasteiger partial charge in [-0.25, -0.2) is 8.78 Å². The van der Waals surface area contributed by atoms with Gasteiger partial charge >= 0.3 is 6.11 Å². The molecule has 0 atom stereocenters. The summed E-state index contributed by atoms with van der Waals surface area (Å²) in [5.41, 5.74) is 1.69. The number of aryl methyl sites for hydroxylation is 1. The highest BCUT2D eigenvalue weighted by Gasteiger charge is 2.38. The molecule has 0 spiro atoms. The van der Waals surface area contributed by atoms with Crippen molar-refractivity contribution in [3.05, 3.63) is 100 Å². The van der Waals surface area contributed by atoms with Gasteiger partial charge in [-0.3, -0.25) is 0 Å². The lowest BCUT2D eigenvalue weighted by atomic mass is 9.79. The van der Waals surface area contributed by atoms with E-state index in [0.717, 1.165) is 48.9 Å². The molecule has 1 fully saturated rings. The molecule has 1 aliphatic carbocycles. The standard InChI is InChI=1S/C29H26F4O/c1-19-3-7-21(8-4-19)9-12-23-13-15-25(18-27(23)30)34-29(32,33)26-16-14-24(17-28(26)31)22-10-5-20(2)6-11-22/h3-4,7-8,13-18,20,22H,5-6,10-11H2,1-2H3. The summed E-state index contributed by atoms with van der Waals surface area (Å²) in [5.74, 6) is 4.11. The molecule has 0 heterocycles. The van der Waals surface area contributed by atoms with Gasteiger partial charge in [0, 0.05) is 11.6 Å². The van der Waals surface area contributed by atoms with Crippen molar-refractivity contribution in [2.45, 2.75) is 51.6 Å². The Morgan fingerprint density at radius 3 is 2.18 bits per heavy atom. The lowest BCUT2D eigenvalue weighted by molar-refractivity contribution is -0.187. The number of hydrogen-bond acceptors (Lipinski definition) is 1. The van der Waals surface area contributed by atoms with Crippen LogP contribution in [-0.2, 0) is 6.11 Å². The molecular weight excluding hydrogens is 440 g/mol. The van der Waals surface area contributed by atoms with E-state index in [0.29, 0.717) is 11.5 Å². The van der Waals surface area contributed by atoms with Gasteiger partial charge in [0.05, 0.1) is 11.1 Å². The first-order valence-electron chi connectivity index (χ1n) is 11.5. The van der Waals surface area contributed by atoms with Crippen LogP contribution in [-0.4, -0.2) is 0 Å². The third kappa shape index (κ3) is 5.62. The molecule has 3 aromatic carbocycles. The second-order valence-corrected chi connectivity index (χ2v) is 9.07. The maximum absolute atomic E-state index is 14.7. The molecule has 1 saturated carbocycles. The second-order valence-electron chi connectivity index (χ2n) is 9.07. The number of halogens is 4. The van der Waals surface area contributed by atoms with Crippen LogP contribution >= 0.6 is 0 Å². The van der Waals surface area contributed by atoms with Crippen molar-refractivity contribution in [1.29, 1.82) is 0 Å². The van der Waals surface area contributed by atoms with Crippen LogP contribution in [0.3, 0.4) is 0 Å². The average molecular weight is 467 g/mol. The molecule has 34 heavy (non-hydrogen) atoms. The van der Waals surface area contributed by atoms with Crippen LogP contribution in [0.4, 0.5) is 17.6 Å². The third-order valence-electron chi connectivity index (χ3n) is 6.37. The average Bonchev–Trinajstić information content (AvgIpc) is 2.79. The molecule has 0 saturated heterocycles. The quantitative estimate of drug-likeness (QED) is 0.279. The minimum absolute atomic E-state index is 0.0496. The fourth-order valence-corrected chi connectivity index (χ4v) is 4.25. The molecule has 0 aliphatic heterocycles. The Kier molecular flexibility index (Phi) is 6.97. The van der Waals surface area contributed by atoms with Gasteiger partial charge in [-0.15, -0.1) is 0 Å². The molecular formula is C29H26F4O. The van der Waals surface area contributed by atoms with E-state index in [9.17, 15) is 17.6 Å². The summed E-state index contributed by atoms with van der Waals surface area (Å²) in [6.07, 6.45) is -0.0176. The van der Waals surface area contributed by atoms with E-state index >= 15 is 0 Å². The highest BCUT2D eigenvalue weighted by atomic mass is 19.3. The molecule has 0 radical (unpaired) electrons. The summed E-state index contributed by atoms with van der Waals surface area (Å²) < 4.78 is 63.3. The fourth-order valence-electron chi connectivity index (χ4n) is 4.25. The Bertz CT molecular complexity index is 1210. The maximum atomic E-state index is 14.7. The van der Waals surface area contributed by atoms with Crippen molar-refractivity contribution in [2.75, 3.05) is 0 Å². The Balaban J connectivity index is 1.48. The molecule has 0 aromatic heterocycles. The van der Waals surface area contributed by atoms with E-state index in [2.05, 4.69) is 18.8 Å². The van der Waals surface area contributed by atoms with E-state index in [1.807, 2.05) is 31.2 Å². The Labute approximate surface area is 197 Å². The summed E-state index contributed by atoms with van der Waals surface area (Å²) in [6, 6.07) is 14.5. The molecule has 0 N–H and O–H groups in total. The van der Waals surface area contributed by atoms with Gasteiger partial charge in [-0.2, -0.15) is 8.78 Å². The molecule has 1 nitrogen and oxygen atoms in total. The monoisotopic (exact) mass is 466 g/mol. The SMILES string of the molecule is Cc1ccc(C#Cc2ccc(OC(F)(F)c3ccc(C4CCC(C)CC4)cc3F)cc2F)cc1. The van der Waals surface area contributed by atoms with Crippen molar-refractivity contribution >= 4 is 0 Å². The minimum atomic E-state index is -3.95. The van der Waals surface area contributed by atoms with Crippen LogP contribution in [0.25, 0.3) is 0 Å². The number of benzene rings is 3. The molecule has 0 amide bonds. The number of ether oxygens (including phenoxy) is 1. The Morgan fingerprint density at radius 1 is 0.824 bits per heavy atom. The summed E-state index contributed by atoms with van der Waals surface area (Å²) in [7, 11) is 0. The van der Waals surface area contributed by atoms with E-state index in [4.69, 9.17) is 4.74 Å². The molecule has 5 heteroatoms. The van der Waals surface area contributed by atoms with Crippen LogP contribution in [0.2, 0.25) is 0 Å². The predicted molar refractivity (Wildman–Crippen MR) is 125 cm³/mol. The lowest BCUT2D eigenvalue weighted by Crippen LogP contribution is -2.24. The van der Waals surface area contributed by atoms with E-state index < -0.39 is 29.1 Å². The maximum Gasteiger partial charge on any atom is 0.429 e. The van der Waals surface area contributed by atoms with Crippen LogP contribution in [0.1, 0.15) is 66.3 Å². The van der Waals surface area contributed by atoms with Crippen molar-refractivity contribution in [1.82, 2.24) is 0 Å². The summed E-state index contributed by atoms with van der Waals surface area (Å²) in [6.45, 7) is 4.13. The van der Waals surface area contributed by atoms with E-state index in [-0.39, 0.29) is 11.5 Å². The minimum Gasteiger partial charge on any atom is -0.429 e. The second kappa shape index (κ2) is 9.93. The zero-order chi connectivity index (χ0) is 24.3. The highest BCUT2D eigenvalue weighted by molar-refractivity contribution is 5.45. The van der Waals surface area contributed by atoms with Gasteiger partial charge in [-0.05, 0) is 73.6 Å². The summed E-state index contributed by atoms with van der Waals surface area (Å²) >= 11 is 0. The number of alkyl halides is 2. The van der Waals surface area contributed by atoms with Gasteiger partial charge in [0.25, 0.3) is 0 Å². The van der Waals surface area contributed by atoms with Crippen LogP contribution in [0.5, 0.6) is 5.75 Å². The zero-order valence-corrected chi connectivity index (χ0v) is 19.2. The Morgan fingerprint density at radius 2 is 1.53 bits per heavy atom. The van der Waals surface area contributed by atoms with Crippen molar-refractivity contribution in [3.8, 4) is 17.6 Å². The molecule has 4 rings (SSSR count). The fraction of sp³-hybridized carbons (Fsp3) is 0.310. The number of hydrogen-bond donors (Lipinski definition) is 0. The van der Waals surface area contributed by atoms with Crippen LogP contribution in [0, 0.1) is 36.3 Å². The van der Waals surface area contributed by atoms with Crippen molar-refractivity contribution < 1.29 is 22.3 Å². The smallest absolute Gasteiger partial charge is 0.429 e. The molecule has 1 aliphatic rings. The molecule has 0 unspecified atom stereocenters. The van der Waals surface area contributed by atoms with Gasteiger partial charge in [0.2, 0.25) is 0 Å². The first-order valence-corrected chi connectivity index (χ1v) is 11.5. The molecule has 0 bridgehead atoms. The van der Waals surface area contributed by atoms with Gasteiger partial charge < -0.3 is 4.74 Å². The highest BCUT2D eigenvalue weighted by Crippen LogP contribution is 2.38. The van der Waals surface area contributed by atoms with Crippen molar-refractivity contribution in [2.24, 2.45) is 5.92 Å². The summed E-state index contributed by atoms with van der Waals surface area (Å²) in [5, 5.41) is 0. The number of rotatable bonds is 4. The van der Waals surface area contributed by atoms with E-state index in [1.165, 1.54) is 18.2 Å². The van der Waals surface area contributed by atoms with Gasteiger partial charge in [0.15, 0.2) is 0 Å². The normalized spacial score (nSPS) is 18.2. The Hall–Kier alpha value is -3.26.